The maximum Gasteiger partial charge on any atom is 0.472 e. The fraction of sp³-hybridized carbons (Fsp3) is 0.750. The van der Waals surface area contributed by atoms with E-state index in [1.54, 1.807) is 0 Å². The standard InChI is InChI=1S/C52H92NO10P/c1-3-5-7-9-11-13-15-17-19-21-23-24-26-27-29-31-33-35-37-39-41-43-50(55)53-49(52(57)58)47-63-64(59,60)62-46-48(54)45-61-51(56)44-42-40-38-36-34-32-30-28-25-22-20-18-16-14-12-10-8-6-4-2/h11-14,17-20,23-24,48-49,54H,3-10,15-16,21-22,25-47H2,1-2H3,(H,53,55)(H,57,58)(H,59,60)/b13-11-,14-12-,19-17-,20-18-,24-23-. The minimum absolute atomic E-state index is 0.135. The average Bonchev–Trinajstić information content (AvgIpc) is 3.27. The summed E-state index contributed by atoms with van der Waals surface area (Å²) in [7, 11) is -4.77. The van der Waals surface area contributed by atoms with Crippen LogP contribution in [0.4, 0.5) is 0 Å². The highest BCUT2D eigenvalue weighted by molar-refractivity contribution is 7.47. The Morgan fingerprint density at radius 3 is 1.28 bits per heavy atom. The summed E-state index contributed by atoms with van der Waals surface area (Å²) in [4.78, 5) is 46.1. The van der Waals surface area contributed by atoms with Crippen LogP contribution in [-0.2, 0) is 32.7 Å². The van der Waals surface area contributed by atoms with Gasteiger partial charge in [0.05, 0.1) is 13.2 Å². The van der Waals surface area contributed by atoms with E-state index in [4.69, 9.17) is 13.8 Å². The zero-order chi connectivity index (χ0) is 47.0. The number of hydrogen-bond acceptors (Lipinski definition) is 8. The molecule has 0 heterocycles. The van der Waals surface area contributed by atoms with Gasteiger partial charge >= 0.3 is 19.8 Å². The third kappa shape index (κ3) is 45.7. The molecule has 370 valence electrons. The number of amides is 1. The fourth-order valence-corrected chi connectivity index (χ4v) is 7.60. The molecule has 1 amide bonds. The van der Waals surface area contributed by atoms with Crippen LogP contribution in [0.2, 0.25) is 0 Å². The lowest BCUT2D eigenvalue weighted by Crippen LogP contribution is -2.43. The zero-order valence-electron chi connectivity index (χ0n) is 40.3. The molecule has 0 aliphatic heterocycles. The first-order chi connectivity index (χ1) is 31.1. The molecule has 0 spiro atoms. The number of esters is 1. The number of rotatable bonds is 47. The van der Waals surface area contributed by atoms with Gasteiger partial charge in [-0.2, -0.15) is 0 Å². The molecule has 0 aromatic rings. The van der Waals surface area contributed by atoms with Crippen molar-refractivity contribution in [2.24, 2.45) is 0 Å². The van der Waals surface area contributed by atoms with Crippen molar-refractivity contribution in [3.63, 3.8) is 0 Å². The van der Waals surface area contributed by atoms with Crippen LogP contribution >= 0.6 is 7.82 Å². The van der Waals surface area contributed by atoms with E-state index < -0.39 is 57.6 Å². The van der Waals surface area contributed by atoms with Crippen molar-refractivity contribution in [2.75, 3.05) is 19.8 Å². The number of carboxylic acids is 1. The number of phosphoric acid groups is 1. The molecule has 0 aromatic carbocycles. The molecule has 0 aromatic heterocycles. The van der Waals surface area contributed by atoms with Crippen molar-refractivity contribution < 1.29 is 47.8 Å². The lowest BCUT2D eigenvalue weighted by atomic mass is 10.1. The number of carboxylic acid groups (broad SMARTS) is 1. The van der Waals surface area contributed by atoms with Gasteiger partial charge in [0.25, 0.3) is 0 Å². The number of carbonyl (C=O) groups is 3. The molecule has 64 heavy (non-hydrogen) atoms. The first-order valence-electron chi connectivity index (χ1n) is 25.3. The van der Waals surface area contributed by atoms with Crippen LogP contribution in [-0.4, -0.2) is 64.9 Å². The number of phosphoric ester groups is 1. The molecule has 0 bridgehead atoms. The molecule has 11 nitrogen and oxygen atoms in total. The lowest BCUT2D eigenvalue weighted by Gasteiger charge is -2.18. The number of unbranched alkanes of at least 4 members (excludes halogenated alkanes) is 23. The number of nitrogens with one attached hydrogen (secondary N) is 1. The summed E-state index contributed by atoms with van der Waals surface area (Å²) in [5, 5.41) is 21.9. The van der Waals surface area contributed by atoms with Crippen LogP contribution in [0.15, 0.2) is 60.8 Å². The molecule has 0 aliphatic carbocycles. The van der Waals surface area contributed by atoms with Gasteiger partial charge in [-0.15, -0.1) is 0 Å². The van der Waals surface area contributed by atoms with Crippen molar-refractivity contribution >= 4 is 25.7 Å². The van der Waals surface area contributed by atoms with Crippen LogP contribution < -0.4 is 5.32 Å². The van der Waals surface area contributed by atoms with Crippen molar-refractivity contribution in [3.05, 3.63) is 60.8 Å². The van der Waals surface area contributed by atoms with Gasteiger partial charge in [0.2, 0.25) is 5.91 Å². The Hall–Kier alpha value is -2.82. The summed E-state index contributed by atoms with van der Waals surface area (Å²) >= 11 is 0. The molecule has 0 radical (unpaired) electrons. The lowest BCUT2D eigenvalue weighted by molar-refractivity contribution is -0.147. The molecular formula is C52H92NO10P. The third-order valence-corrected chi connectivity index (χ3v) is 11.7. The molecule has 0 aliphatic rings. The third-order valence-electron chi connectivity index (χ3n) is 10.8. The molecule has 12 heteroatoms. The Labute approximate surface area is 389 Å². The van der Waals surface area contributed by atoms with Crippen molar-refractivity contribution in [1.29, 1.82) is 0 Å². The van der Waals surface area contributed by atoms with Crippen LogP contribution in [0.25, 0.3) is 0 Å². The maximum atomic E-state index is 12.4. The Morgan fingerprint density at radius 2 is 0.859 bits per heavy atom. The van der Waals surface area contributed by atoms with Gasteiger partial charge in [0, 0.05) is 12.8 Å². The molecule has 0 saturated heterocycles. The van der Waals surface area contributed by atoms with E-state index in [0.29, 0.717) is 12.8 Å². The molecule has 0 fully saturated rings. The molecule has 0 rings (SSSR count). The number of carbonyl (C=O) groups excluding carboxylic acids is 2. The Bertz CT molecular complexity index is 1310. The van der Waals surface area contributed by atoms with Crippen molar-refractivity contribution in [3.8, 4) is 0 Å². The quantitative estimate of drug-likeness (QED) is 0.0199. The van der Waals surface area contributed by atoms with Crippen LogP contribution in [0.1, 0.15) is 219 Å². The number of aliphatic hydroxyl groups is 1. The summed E-state index contributed by atoms with van der Waals surface area (Å²) in [6.07, 6.45) is 55.2. The molecule has 0 saturated carbocycles. The summed E-state index contributed by atoms with van der Waals surface area (Å²) in [5.74, 6) is -2.39. The minimum atomic E-state index is -4.77. The topological polar surface area (TPSA) is 169 Å². The van der Waals surface area contributed by atoms with Crippen molar-refractivity contribution in [2.45, 2.75) is 231 Å². The van der Waals surface area contributed by atoms with Gasteiger partial charge in [-0.1, -0.05) is 184 Å². The van der Waals surface area contributed by atoms with Gasteiger partial charge in [0.1, 0.15) is 12.7 Å². The Morgan fingerprint density at radius 1 is 0.500 bits per heavy atom. The van der Waals surface area contributed by atoms with Crippen LogP contribution in [0, 0.1) is 0 Å². The summed E-state index contributed by atoms with van der Waals surface area (Å²) < 4.78 is 26.9. The largest absolute Gasteiger partial charge is 0.480 e. The van der Waals surface area contributed by atoms with Crippen molar-refractivity contribution in [1.82, 2.24) is 5.32 Å². The maximum absolute atomic E-state index is 12.4. The zero-order valence-corrected chi connectivity index (χ0v) is 41.2. The van der Waals surface area contributed by atoms with E-state index in [9.17, 15) is 34.1 Å². The highest BCUT2D eigenvalue weighted by Crippen LogP contribution is 2.43. The number of aliphatic carboxylic acids is 1. The number of hydrogen-bond donors (Lipinski definition) is 4. The molecule has 3 atom stereocenters. The predicted octanol–water partition coefficient (Wildman–Crippen LogP) is 13.9. The van der Waals surface area contributed by atoms with E-state index in [1.807, 2.05) is 0 Å². The number of allylic oxidation sites excluding steroid dienone is 10. The van der Waals surface area contributed by atoms with Gasteiger partial charge in [-0.3, -0.25) is 18.6 Å². The summed E-state index contributed by atoms with van der Waals surface area (Å²) in [6.45, 7) is 2.55. The van der Waals surface area contributed by atoms with Gasteiger partial charge in [-0.25, -0.2) is 9.36 Å². The SMILES string of the molecule is CCCCC/C=C\C/C=C\C/C=C\CCCCCCCCCCC(=O)NC(COP(=O)(O)OCC(O)COC(=O)CCCCCCCCCCC/C=C\C/C=C\CCCCC)C(=O)O. The normalized spacial score (nSPS) is 14.1. The molecule has 3 unspecified atom stereocenters. The highest BCUT2D eigenvalue weighted by Gasteiger charge is 2.28. The first kappa shape index (κ1) is 61.2. The van der Waals surface area contributed by atoms with Gasteiger partial charge in [-0.05, 0) is 83.5 Å². The van der Waals surface area contributed by atoms with E-state index in [0.717, 1.165) is 77.0 Å². The second-order valence-electron chi connectivity index (χ2n) is 17.0. The van der Waals surface area contributed by atoms with E-state index in [1.165, 1.54) is 103 Å². The smallest absolute Gasteiger partial charge is 0.472 e. The monoisotopic (exact) mass is 922 g/mol. The van der Waals surface area contributed by atoms with E-state index in [2.05, 4.69) is 79.9 Å². The van der Waals surface area contributed by atoms with Crippen LogP contribution in [0.5, 0.6) is 0 Å². The molecule has 4 N–H and O–H groups in total. The van der Waals surface area contributed by atoms with Gasteiger partial charge < -0.3 is 25.2 Å². The first-order valence-corrected chi connectivity index (χ1v) is 26.8. The molecular weight excluding hydrogens is 830 g/mol. The van der Waals surface area contributed by atoms with Crippen LogP contribution in [0.3, 0.4) is 0 Å². The number of aliphatic hydroxyl groups excluding tert-OH is 1. The highest BCUT2D eigenvalue weighted by atomic mass is 31.2. The second-order valence-corrected chi connectivity index (χ2v) is 18.5. The minimum Gasteiger partial charge on any atom is -0.480 e. The van der Waals surface area contributed by atoms with E-state index in [-0.39, 0.29) is 12.8 Å². The van der Waals surface area contributed by atoms with E-state index >= 15 is 0 Å². The Kier molecular flexibility index (Phi) is 44.6. The second kappa shape index (κ2) is 46.7. The Balaban J connectivity index is 3.86. The average molecular weight is 922 g/mol. The summed E-state index contributed by atoms with van der Waals surface area (Å²) in [5.41, 5.74) is 0. The number of ether oxygens (including phenoxy) is 1. The predicted molar refractivity (Wildman–Crippen MR) is 263 cm³/mol. The van der Waals surface area contributed by atoms with Gasteiger partial charge in [0.15, 0.2) is 6.04 Å². The fourth-order valence-electron chi connectivity index (χ4n) is 6.82. The summed E-state index contributed by atoms with van der Waals surface area (Å²) in [6, 6.07) is -1.55.